The second-order valence-electron chi connectivity index (χ2n) is 3.95. The van der Waals surface area contributed by atoms with E-state index < -0.39 is 19.2 Å². The zero-order valence-corrected chi connectivity index (χ0v) is 11.8. The van der Waals surface area contributed by atoms with E-state index in [9.17, 15) is 9.36 Å². The summed E-state index contributed by atoms with van der Waals surface area (Å²) in [7, 11) is -1.04. The fraction of sp³-hybridized carbons (Fsp3) is 0.364. The number of benzene rings is 1. The molecule has 1 unspecified atom stereocenters. The Balaban J connectivity index is 0.00000256. The van der Waals surface area contributed by atoms with Crippen molar-refractivity contribution >= 4 is 30.8 Å². The van der Waals surface area contributed by atoms with E-state index in [-0.39, 0.29) is 12.4 Å². The summed E-state index contributed by atoms with van der Waals surface area (Å²) in [6.45, 7) is 3.35. The molecule has 96 valence electrons. The minimum atomic E-state index is -2.33. The van der Waals surface area contributed by atoms with Crippen LogP contribution in [-0.4, -0.2) is 26.4 Å². The van der Waals surface area contributed by atoms with Crippen molar-refractivity contribution in [2.45, 2.75) is 6.04 Å². The number of halogens is 1. The third-order valence-corrected chi connectivity index (χ3v) is 3.83. The van der Waals surface area contributed by atoms with Gasteiger partial charge < -0.3 is 15.0 Å². The van der Waals surface area contributed by atoms with E-state index in [1.54, 1.807) is 37.6 Å². The van der Waals surface area contributed by atoms with Crippen molar-refractivity contribution < 1.29 is 14.1 Å². The summed E-state index contributed by atoms with van der Waals surface area (Å²) in [6.07, 6.45) is 0. The zero-order valence-electron chi connectivity index (χ0n) is 10.0. The molecule has 0 spiro atoms. The highest BCUT2D eigenvalue weighted by atomic mass is 35.5. The standard InChI is InChI=1S/C11H16NO3P.ClH/c1-15-11(13)10(12)8-5-4-6-9(7-8)16(2,3)14;/h4-7,10H,12H2,1-3H3;1H. The molecule has 0 radical (unpaired) electrons. The van der Waals surface area contributed by atoms with Crippen molar-refractivity contribution in [3.63, 3.8) is 0 Å². The lowest BCUT2D eigenvalue weighted by atomic mass is 10.1. The number of hydrogen-bond acceptors (Lipinski definition) is 4. The first kappa shape index (κ1) is 16.2. The highest BCUT2D eigenvalue weighted by molar-refractivity contribution is 7.70. The number of methoxy groups -OCH3 is 1. The van der Waals surface area contributed by atoms with Gasteiger partial charge in [-0.15, -0.1) is 12.4 Å². The van der Waals surface area contributed by atoms with Gasteiger partial charge in [0.1, 0.15) is 13.2 Å². The smallest absolute Gasteiger partial charge is 0.327 e. The molecule has 0 bridgehead atoms. The van der Waals surface area contributed by atoms with Crippen LogP contribution in [0.2, 0.25) is 0 Å². The summed E-state index contributed by atoms with van der Waals surface area (Å²) in [5.74, 6) is -0.501. The van der Waals surface area contributed by atoms with Crippen LogP contribution in [-0.2, 0) is 14.1 Å². The van der Waals surface area contributed by atoms with Crippen molar-refractivity contribution in [1.29, 1.82) is 0 Å². The summed E-state index contributed by atoms with van der Waals surface area (Å²) >= 11 is 0. The molecule has 0 saturated heterocycles. The lowest BCUT2D eigenvalue weighted by molar-refractivity contribution is -0.142. The number of carbonyl (C=O) groups excluding carboxylic acids is 1. The molecule has 2 N–H and O–H groups in total. The molecule has 0 heterocycles. The molecule has 1 atom stereocenters. The van der Waals surface area contributed by atoms with Crippen LogP contribution in [0, 0.1) is 0 Å². The molecule has 1 aromatic rings. The molecular weight excluding hydrogens is 261 g/mol. The summed E-state index contributed by atoms with van der Waals surface area (Å²) in [5.41, 5.74) is 6.32. The van der Waals surface area contributed by atoms with Gasteiger partial charge in [0.15, 0.2) is 0 Å². The fourth-order valence-corrected chi connectivity index (χ4v) is 2.22. The van der Waals surface area contributed by atoms with Crippen LogP contribution in [0.3, 0.4) is 0 Å². The highest BCUT2D eigenvalue weighted by Crippen LogP contribution is 2.34. The Morgan fingerprint density at radius 1 is 1.41 bits per heavy atom. The Hall–Kier alpha value is -0.830. The Morgan fingerprint density at radius 3 is 2.47 bits per heavy atom. The summed E-state index contributed by atoms with van der Waals surface area (Å²) < 4.78 is 16.4. The average molecular weight is 278 g/mol. The first-order valence-electron chi connectivity index (χ1n) is 4.85. The van der Waals surface area contributed by atoms with Crippen LogP contribution in [0.4, 0.5) is 0 Å². The number of nitrogens with two attached hydrogens (primary N) is 1. The Labute approximate surface area is 107 Å². The molecule has 1 rings (SSSR count). The van der Waals surface area contributed by atoms with Crippen LogP contribution in [0.25, 0.3) is 0 Å². The molecule has 0 aliphatic heterocycles. The van der Waals surface area contributed by atoms with Gasteiger partial charge in [0.05, 0.1) is 7.11 Å². The maximum Gasteiger partial charge on any atom is 0.327 e. The zero-order chi connectivity index (χ0) is 12.3. The van der Waals surface area contributed by atoms with E-state index in [1.807, 2.05) is 0 Å². The van der Waals surface area contributed by atoms with Crippen molar-refractivity contribution in [2.24, 2.45) is 5.73 Å². The SMILES string of the molecule is COC(=O)C(N)c1cccc(P(C)(C)=O)c1.Cl. The van der Waals surface area contributed by atoms with E-state index in [4.69, 9.17) is 5.73 Å². The van der Waals surface area contributed by atoms with Gasteiger partial charge in [-0.05, 0) is 25.0 Å². The molecule has 0 amide bonds. The Bertz CT molecular complexity index is 444. The van der Waals surface area contributed by atoms with Gasteiger partial charge in [0.25, 0.3) is 0 Å². The minimum Gasteiger partial charge on any atom is -0.468 e. The van der Waals surface area contributed by atoms with E-state index >= 15 is 0 Å². The molecule has 4 nitrogen and oxygen atoms in total. The van der Waals surface area contributed by atoms with Crippen molar-refractivity contribution in [3.8, 4) is 0 Å². The Kier molecular flexibility index (Phi) is 5.89. The van der Waals surface area contributed by atoms with E-state index in [2.05, 4.69) is 4.74 Å². The summed E-state index contributed by atoms with van der Waals surface area (Å²) in [6, 6.07) is 6.11. The van der Waals surface area contributed by atoms with E-state index in [0.717, 1.165) is 0 Å². The van der Waals surface area contributed by atoms with Gasteiger partial charge in [-0.3, -0.25) is 4.79 Å². The lowest BCUT2D eigenvalue weighted by Crippen LogP contribution is -2.23. The van der Waals surface area contributed by atoms with Crippen LogP contribution in [0.1, 0.15) is 11.6 Å². The number of esters is 1. The fourth-order valence-electron chi connectivity index (χ4n) is 1.32. The van der Waals surface area contributed by atoms with Gasteiger partial charge >= 0.3 is 5.97 Å². The lowest BCUT2D eigenvalue weighted by Gasteiger charge is -2.12. The van der Waals surface area contributed by atoms with Gasteiger partial charge in [-0.2, -0.15) is 0 Å². The first-order chi connectivity index (χ1) is 7.36. The summed E-state index contributed by atoms with van der Waals surface area (Å²) in [4.78, 5) is 11.3. The number of rotatable bonds is 3. The topological polar surface area (TPSA) is 69.4 Å². The second-order valence-corrected chi connectivity index (χ2v) is 7.16. The molecule has 17 heavy (non-hydrogen) atoms. The predicted octanol–water partition coefficient (Wildman–Crippen LogP) is 1.53. The Morgan fingerprint density at radius 2 is 2.00 bits per heavy atom. The maximum absolute atomic E-state index is 11.9. The quantitative estimate of drug-likeness (QED) is 0.672. The third kappa shape index (κ3) is 4.15. The molecule has 0 aliphatic carbocycles. The first-order valence-corrected chi connectivity index (χ1v) is 7.45. The molecule has 6 heteroatoms. The van der Waals surface area contributed by atoms with Crippen molar-refractivity contribution in [2.75, 3.05) is 20.4 Å². The second kappa shape index (κ2) is 6.20. The van der Waals surface area contributed by atoms with E-state index in [1.165, 1.54) is 7.11 Å². The van der Waals surface area contributed by atoms with Crippen LogP contribution in [0.15, 0.2) is 24.3 Å². The summed E-state index contributed by atoms with van der Waals surface area (Å²) in [5, 5.41) is 0.712. The molecular formula is C11H17ClNO3P. The van der Waals surface area contributed by atoms with Gasteiger partial charge in [0.2, 0.25) is 0 Å². The number of carbonyl (C=O) groups is 1. The molecule has 0 aliphatic rings. The molecule has 0 saturated carbocycles. The van der Waals surface area contributed by atoms with Crippen molar-refractivity contribution in [1.82, 2.24) is 0 Å². The average Bonchev–Trinajstić information content (AvgIpc) is 2.26. The van der Waals surface area contributed by atoms with Gasteiger partial charge in [0, 0.05) is 5.30 Å². The maximum atomic E-state index is 11.9. The normalized spacial score (nSPS) is 12.5. The number of ether oxygens (including phenoxy) is 1. The highest BCUT2D eigenvalue weighted by Gasteiger charge is 2.18. The van der Waals surface area contributed by atoms with Crippen LogP contribution >= 0.6 is 19.5 Å². The van der Waals surface area contributed by atoms with Gasteiger partial charge in [-0.25, -0.2) is 0 Å². The van der Waals surface area contributed by atoms with E-state index in [0.29, 0.717) is 10.9 Å². The van der Waals surface area contributed by atoms with Crippen molar-refractivity contribution in [3.05, 3.63) is 29.8 Å². The van der Waals surface area contributed by atoms with Crippen LogP contribution in [0.5, 0.6) is 0 Å². The minimum absolute atomic E-state index is 0. The molecule has 0 aromatic heterocycles. The number of hydrogen-bond donors (Lipinski definition) is 1. The monoisotopic (exact) mass is 277 g/mol. The largest absolute Gasteiger partial charge is 0.468 e. The third-order valence-electron chi connectivity index (χ3n) is 2.31. The molecule has 0 fully saturated rings. The van der Waals surface area contributed by atoms with Crippen LogP contribution < -0.4 is 11.0 Å². The predicted molar refractivity (Wildman–Crippen MR) is 71.7 cm³/mol. The van der Waals surface area contributed by atoms with Gasteiger partial charge in [-0.1, -0.05) is 18.2 Å². The molecule has 1 aromatic carbocycles.